The van der Waals surface area contributed by atoms with Gasteiger partial charge in [0.15, 0.2) is 0 Å². The van der Waals surface area contributed by atoms with Crippen molar-refractivity contribution in [2.24, 2.45) is 0 Å². The Morgan fingerprint density at radius 1 is 1.14 bits per heavy atom. The number of para-hydroxylation sites is 1. The monoisotopic (exact) mass is 281 g/mol. The summed E-state index contributed by atoms with van der Waals surface area (Å²) in [4.78, 5) is 6.81. The maximum atomic E-state index is 4.36. The summed E-state index contributed by atoms with van der Waals surface area (Å²) in [5, 5.41) is 3.43. The highest BCUT2D eigenvalue weighted by molar-refractivity contribution is 5.68. The van der Waals surface area contributed by atoms with Crippen molar-refractivity contribution in [3.8, 4) is 0 Å². The van der Waals surface area contributed by atoms with Gasteiger partial charge in [0.25, 0.3) is 0 Å². The number of nitrogens with zero attached hydrogens (tertiary/aromatic N) is 2. The summed E-state index contributed by atoms with van der Waals surface area (Å²) >= 11 is 0. The molecule has 3 heteroatoms. The van der Waals surface area contributed by atoms with Gasteiger partial charge in [0.05, 0.1) is 11.9 Å². The second-order valence-corrected chi connectivity index (χ2v) is 5.52. The van der Waals surface area contributed by atoms with Crippen molar-refractivity contribution in [3.05, 3.63) is 53.9 Å². The molecule has 1 aromatic heterocycles. The van der Waals surface area contributed by atoms with E-state index in [0.29, 0.717) is 0 Å². The molecule has 1 N–H and O–H groups in total. The molecule has 0 bridgehead atoms. The molecule has 0 atom stereocenters. The minimum Gasteiger partial charge on any atom is -0.340 e. The number of aryl methyl sites for hydroxylation is 1. The zero-order chi connectivity index (χ0) is 14.5. The summed E-state index contributed by atoms with van der Waals surface area (Å²) < 4.78 is 0. The largest absolute Gasteiger partial charge is 0.340 e. The van der Waals surface area contributed by atoms with Gasteiger partial charge < -0.3 is 10.2 Å². The molecule has 0 aliphatic carbocycles. The van der Waals surface area contributed by atoms with E-state index in [1.165, 1.54) is 41.8 Å². The van der Waals surface area contributed by atoms with E-state index in [1.54, 1.807) is 0 Å². The topological polar surface area (TPSA) is 28.2 Å². The van der Waals surface area contributed by atoms with Gasteiger partial charge in [-0.25, -0.2) is 0 Å². The summed E-state index contributed by atoms with van der Waals surface area (Å²) in [6, 6.07) is 10.9. The van der Waals surface area contributed by atoms with Crippen LogP contribution >= 0.6 is 0 Å². The van der Waals surface area contributed by atoms with Crippen molar-refractivity contribution in [1.82, 2.24) is 10.3 Å². The molecule has 3 nitrogen and oxygen atoms in total. The first kappa shape index (κ1) is 14.1. The minimum atomic E-state index is 0.896. The standard InChI is InChI=1S/C18H23N3/c1-2-19-13-16-10-11-20-14-18(16)21-12-6-5-8-15-7-3-4-9-17(15)21/h3-4,7,9-11,14,19H,2,5-6,8,12-13H2,1H3. The van der Waals surface area contributed by atoms with E-state index in [0.717, 1.165) is 19.6 Å². The third-order valence-electron chi connectivity index (χ3n) is 4.10. The smallest absolute Gasteiger partial charge is 0.0642 e. The van der Waals surface area contributed by atoms with Crippen LogP contribution in [-0.2, 0) is 13.0 Å². The Bertz CT molecular complexity index is 595. The van der Waals surface area contributed by atoms with E-state index in [9.17, 15) is 0 Å². The van der Waals surface area contributed by atoms with E-state index >= 15 is 0 Å². The summed E-state index contributed by atoms with van der Waals surface area (Å²) in [5.41, 5.74) is 5.37. The molecule has 1 aliphatic heterocycles. The van der Waals surface area contributed by atoms with Crippen LogP contribution in [0.4, 0.5) is 11.4 Å². The van der Waals surface area contributed by atoms with Gasteiger partial charge in [-0.05, 0) is 49.1 Å². The van der Waals surface area contributed by atoms with Crippen LogP contribution in [-0.4, -0.2) is 18.1 Å². The number of benzene rings is 1. The van der Waals surface area contributed by atoms with Crippen LogP contribution in [0.3, 0.4) is 0 Å². The van der Waals surface area contributed by atoms with Crippen molar-refractivity contribution < 1.29 is 0 Å². The number of hydrogen-bond acceptors (Lipinski definition) is 3. The third kappa shape index (κ3) is 3.08. The van der Waals surface area contributed by atoms with Gasteiger partial charge in [0, 0.05) is 25.0 Å². The lowest BCUT2D eigenvalue weighted by atomic mass is 10.1. The molecule has 2 aromatic rings. The number of nitrogens with one attached hydrogen (secondary N) is 1. The lowest BCUT2D eigenvalue weighted by molar-refractivity contribution is 0.719. The van der Waals surface area contributed by atoms with Crippen molar-refractivity contribution in [1.29, 1.82) is 0 Å². The van der Waals surface area contributed by atoms with Crippen LogP contribution in [0.25, 0.3) is 0 Å². The zero-order valence-corrected chi connectivity index (χ0v) is 12.7. The van der Waals surface area contributed by atoms with Crippen LogP contribution in [0.1, 0.15) is 30.9 Å². The van der Waals surface area contributed by atoms with Crippen LogP contribution < -0.4 is 10.2 Å². The summed E-state index contributed by atoms with van der Waals surface area (Å²) in [7, 11) is 0. The highest BCUT2D eigenvalue weighted by Gasteiger charge is 2.18. The number of pyridine rings is 1. The van der Waals surface area contributed by atoms with Gasteiger partial charge in [-0.1, -0.05) is 25.1 Å². The first-order valence-corrected chi connectivity index (χ1v) is 7.89. The molecule has 0 radical (unpaired) electrons. The maximum absolute atomic E-state index is 4.36. The van der Waals surface area contributed by atoms with E-state index in [2.05, 4.69) is 52.5 Å². The first-order valence-electron chi connectivity index (χ1n) is 7.89. The molecule has 21 heavy (non-hydrogen) atoms. The SMILES string of the molecule is CCNCc1ccncc1N1CCCCc2ccccc21. The van der Waals surface area contributed by atoms with Crippen LogP contribution in [0.5, 0.6) is 0 Å². The molecule has 3 rings (SSSR count). The Hall–Kier alpha value is -1.87. The molecule has 0 spiro atoms. The summed E-state index contributed by atoms with van der Waals surface area (Å²) in [5.74, 6) is 0. The molecule has 0 unspecified atom stereocenters. The van der Waals surface area contributed by atoms with Gasteiger partial charge in [-0.2, -0.15) is 0 Å². The number of aromatic nitrogens is 1. The average Bonchev–Trinajstić information content (AvgIpc) is 2.75. The average molecular weight is 281 g/mol. The van der Waals surface area contributed by atoms with Gasteiger partial charge >= 0.3 is 0 Å². The van der Waals surface area contributed by atoms with Crippen LogP contribution in [0, 0.1) is 0 Å². The highest BCUT2D eigenvalue weighted by atomic mass is 15.1. The third-order valence-corrected chi connectivity index (χ3v) is 4.10. The van der Waals surface area contributed by atoms with Gasteiger partial charge in [-0.15, -0.1) is 0 Å². The molecular weight excluding hydrogens is 258 g/mol. The first-order chi connectivity index (χ1) is 10.4. The molecule has 0 saturated heterocycles. The Kier molecular flexibility index (Phi) is 4.51. The molecule has 1 aromatic carbocycles. The highest BCUT2D eigenvalue weighted by Crippen LogP contribution is 2.33. The van der Waals surface area contributed by atoms with Crippen molar-refractivity contribution >= 4 is 11.4 Å². The van der Waals surface area contributed by atoms with Crippen molar-refractivity contribution in [2.75, 3.05) is 18.0 Å². The Morgan fingerprint density at radius 2 is 2.05 bits per heavy atom. The number of hydrogen-bond donors (Lipinski definition) is 1. The summed E-state index contributed by atoms with van der Waals surface area (Å²) in [6.45, 7) is 5.09. The number of rotatable bonds is 4. The minimum absolute atomic E-state index is 0.896. The predicted octanol–water partition coefficient (Wildman–Crippen LogP) is 3.67. The molecule has 0 amide bonds. The second-order valence-electron chi connectivity index (χ2n) is 5.52. The molecule has 1 aliphatic rings. The van der Waals surface area contributed by atoms with Crippen LogP contribution in [0.2, 0.25) is 0 Å². The van der Waals surface area contributed by atoms with E-state index in [1.807, 2.05) is 12.4 Å². The maximum Gasteiger partial charge on any atom is 0.0642 e. The van der Waals surface area contributed by atoms with Crippen LogP contribution in [0.15, 0.2) is 42.7 Å². The normalized spacial score (nSPS) is 14.6. The molecule has 0 fully saturated rings. The molecule has 2 heterocycles. The fourth-order valence-electron chi connectivity index (χ4n) is 3.01. The quantitative estimate of drug-likeness (QED) is 0.927. The van der Waals surface area contributed by atoms with Crippen molar-refractivity contribution in [2.45, 2.75) is 32.7 Å². The lowest BCUT2D eigenvalue weighted by Crippen LogP contribution is -2.22. The summed E-state index contributed by atoms with van der Waals surface area (Å²) in [6.07, 6.45) is 7.56. The van der Waals surface area contributed by atoms with E-state index in [-0.39, 0.29) is 0 Å². The van der Waals surface area contributed by atoms with E-state index < -0.39 is 0 Å². The molecule has 110 valence electrons. The number of anilines is 2. The Balaban J connectivity index is 2.00. The second kappa shape index (κ2) is 6.72. The molecular formula is C18H23N3. The van der Waals surface area contributed by atoms with Crippen molar-refractivity contribution in [3.63, 3.8) is 0 Å². The van der Waals surface area contributed by atoms with Gasteiger partial charge in [0.2, 0.25) is 0 Å². The van der Waals surface area contributed by atoms with E-state index in [4.69, 9.17) is 0 Å². The van der Waals surface area contributed by atoms with Gasteiger partial charge in [-0.3, -0.25) is 4.98 Å². The fourth-order valence-corrected chi connectivity index (χ4v) is 3.01. The fraction of sp³-hybridized carbons (Fsp3) is 0.389. The molecule has 0 saturated carbocycles. The Labute approximate surface area is 127 Å². The van der Waals surface area contributed by atoms with Gasteiger partial charge in [0.1, 0.15) is 0 Å². The Morgan fingerprint density at radius 3 is 2.95 bits per heavy atom. The lowest BCUT2D eigenvalue weighted by Gasteiger charge is -2.27. The predicted molar refractivity (Wildman–Crippen MR) is 88.0 cm³/mol. The number of fused-ring (bicyclic) bond motifs is 1. The zero-order valence-electron chi connectivity index (χ0n) is 12.7.